The molecule has 1 rings (SSSR count). The van der Waals surface area contributed by atoms with Crippen molar-refractivity contribution in [2.24, 2.45) is 5.92 Å². The molecule has 0 aliphatic carbocycles. The van der Waals surface area contributed by atoms with Crippen molar-refractivity contribution in [3.8, 4) is 0 Å². The predicted molar refractivity (Wildman–Crippen MR) is 82.6 cm³/mol. The first kappa shape index (κ1) is 17.1. The van der Waals surface area contributed by atoms with Crippen LogP contribution in [0.4, 0.5) is 0 Å². The molecule has 0 saturated heterocycles. The Morgan fingerprint density at radius 1 is 1.20 bits per heavy atom. The molecule has 110 valence electrons. The number of ketones is 1. The Bertz CT molecular complexity index is 457. The lowest BCUT2D eigenvalue weighted by Crippen LogP contribution is -2.19. The van der Waals surface area contributed by atoms with E-state index >= 15 is 0 Å². The lowest BCUT2D eigenvalue weighted by atomic mass is 10.1. The van der Waals surface area contributed by atoms with Crippen molar-refractivity contribution in [2.75, 3.05) is 12.5 Å². The monoisotopic (exact) mass is 314 g/mol. The van der Waals surface area contributed by atoms with Gasteiger partial charge >= 0.3 is 5.97 Å². The number of thioether (sulfide) groups is 1. The van der Waals surface area contributed by atoms with Gasteiger partial charge in [-0.25, -0.2) is 0 Å². The zero-order valence-electron chi connectivity index (χ0n) is 11.9. The number of rotatable bonds is 7. The molecule has 0 amide bonds. The minimum atomic E-state index is -0.275. The molecule has 0 bridgehead atoms. The second-order valence-electron chi connectivity index (χ2n) is 4.87. The first-order chi connectivity index (χ1) is 9.43. The Kier molecular flexibility index (Phi) is 7.10. The number of Topliss-reactive ketones (excluding diaryl/α,β-unsaturated/α-hetero) is 1. The lowest BCUT2D eigenvalue weighted by molar-refractivity contribution is -0.143. The molecule has 0 aliphatic rings. The Hall–Kier alpha value is -1.00. The number of carbonyl (C=O) groups excluding carboxylic acids is 2. The third-order valence-corrected chi connectivity index (χ3v) is 3.83. The number of hydrogen-bond acceptors (Lipinski definition) is 4. The second-order valence-corrected chi connectivity index (χ2v) is 6.55. The predicted octanol–water partition coefficient (Wildman–Crippen LogP) is 3.79. The van der Waals surface area contributed by atoms with Crippen LogP contribution in [0.15, 0.2) is 29.2 Å². The number of alkyl halides is 1. The summed E-state index contributed by atoms with van der Waals surface area (Å²) in [5.74, 6) is -0.0149. The summed E-state index contributed by atoms with van der Waals surface area (Å²) in [5.41, 5.74) is 0.583. The van der Waals surface area contributed by atoms with Gasteiger partial charge in [-0.15, -0.1) is 23.4 Å². The molecule has 20 heavy (non-hydrogen) atoms. The van der Waals surface area contributed by atoms with Crippen molar-refractivity contribution in [1.82, 2.24) is 0 Å². The van der Waals surface area contributed by atoms with Crippen LogP contribution in [0.5, 0.6) is 0 Å². The number of carbonyl (C=O) groups is 2. The molecule has 0 heterocycles. The highest BCUT2D eigenvalue weighted by Crippen LogP contribution is 2.24. The molecule has 1 atom stereocenters. The summed E-state index contributed by atoms with van der Waals surface area (Å²) < 4.78 is 5.19. The number of esters is 1. The van der Waals surface area contributed by atoms with Crippen LogP contribution in [0.2, 0.25) is 0 Å². The van der Waals surface area contributed by atoms with Crippen molar-refractivity contribution >= 4 is 35.1 Å². The van der Waals surface area contributed by atoms with E-state index in [1.165, 1.54) is 11.8 Å². The number of benzene rings is 1. The molecule has 1 aromatic carbocycles. The van der Waals surface area contributed by atoms with E-state index < -0.39 is 0 Å². The fraction of sp³-hybridized carbons (Fsp3) is 0.467. The summed E-state index contributed by atoms with van der Waals surface area (Å²) in [6, 6.07) is 7.08. The topological polar surface area (TPSA) is 43.4 Å². The normalized spacial score (nSPS) is 12.2. The highest BCUT2D eigenvalue weighted by Gasteiger charge is 2.16. The molecule has 0 spiro atoms. The van der Waals surface area contributed by atoms with E-state index in [-0.39, 0.29) is 22.9 Å². The third-order valence-electron chi connectivity index (χ3n) is 2.50. The molecule has 1 aromatic rings. The Balaban J connectivity index is 2.55. The fourth-order valence-electron chi connectivity index (χ4n) is 1.41. The highest BCUT2D eigenvalue weighted by molar-refractivity contribution is 8.00. The van der Waals surface area contributed by atoms with Gasteiger partial charge in [0.1, 0.15) is 5.25 Å². The van der Waals surface area contributed by atoms with Gasteiger partial charge in [-0.3, -0.25) is 9.59 Å². The van der Waals surface area contributed by atoms with E-state index in [1.807, 2.05) is 32.9 Å². The van der Waals surface area contributed by atoms with Crippen LogP contribution in [-0.2, 0) is 9.53 Å². The molecule has 0 radical (unpaired) electrons. The summed E-state index contributed by atoms with van der Waals surface area (Å²) in [7, 11) is 0. The first-order valence-electron chi connectivity index (χ1n) is 6.46. The summed E-state index contributed by atoms with van der Waals surface area (Å²) in [4.78, 5) is 24.1. The van der Waals surface area contributed by atoms with E-state index in [2.05, 4.69) is 0 Å². The SMILES string of the molecule is CC(C)COC(=O)C(C)Sc1ccc(C(=O)CCl)cc1. The first-order valence-corrected chi connectivity index (χ1v) is 7.88. The summed E-state index contributed by atoms with van der Waals surface area (Å²) in [6.45, 7) is 6.24. The minimum Gasteiger partial charge on any atom is -0.465 e. The molecule has 1 unspecified atom stereocenters. The van der Waals surface area contributed by atoms with E-state index in [0.29, 0.717) is 18.1 Å². The maximum atomic E-state index is 11.8. The van der Waals surface area contributed by atoms with Gasteiger partial charge in [0.25, 0.3) is 0 Å². The molecule has 5 heteroatoms. The van der Waals surface area contributed by atoms with E-state index in [9.17, 15) is 9.59 Å². The van der Waals surface area contributed by atoms with Crippen LogP contribution in [-0.4, -0.2) is 29.5 Å². The van der Waals surface area contributed by atoms with Gasteiger partial charge in [-0.2, -0.15) is 0 Å². The molecule has 0 N–H and O–H groups in total. The van der Waals surface area contributed by atoms with Crippen molar-refractivity contribution in [1.29, 1.82) is 0 Å². The van der Waals surface area contributed by atoms with Crippen LogP contribution in [0, 0.1) is 5.92 Å². The van der Waals surface area contributed by atoms with Crippen LogP contribution < -0.4 is 0 Å². The highest BCUT2D eigenvalue weighted by atomic mass is 35.5. The van der Waals surface area contributed by atoms with Crippen LogP contribution in [0.1, 0.15) is 31.1 Å². The van der Waals surface area contributed by atoms with Crippen molar-refractivity contribution in [2.45, 2.75) is 30.9 Å². The molecule has 0 fully saturated rings. The largest absolute Gasteiger partial charge is 0.465 e. The van der Waals surface area contributed by atoms with Crippen molar-refractivity contribution in [3.05, 3.63) is 29.8 Å². The van der Waals surface area contributed by atoms with Gasteiger partial charge in [-0.05, 0) is 25.0 Å². The van der Waals surface area contributed by atoms with Gasteiger partial charge in [0.05, 0.1) is 12.5 Å². The van der Waals surface area contributed by atoms with Gasteiger partial charge in [0.2, 0.25) is 0 Å². The second kappa shape index (κ2) is 8.32. The smallest absolute Gasteiger partial charge is 0.319 e. The van der Waals surface area contributed by atoms with E-state index in [4.69, 9.17) is 16.3 Å². The Morgan fingerprint density at radius 3 is 2.30 bits per heavy atom. The van der Waals surface area contributed by atoms with E-state index in [1.54, 1.807) is 12.1 Å². The molecule has 3 nitrogen and oxygen atoms in total. The van der Waals surface area contributed by atoms with Crippen molar-refractivity contribution < 1.29 is 14.3 Å². The quantitative estimate of drug-likeness (QED) is 0.332. The zero-order valence-corrected chi connectivity index (χ0v) is 13.5. The lowest BCUT2D eigenvalue weighted by Gasteiger charge is -2.12. The van der Waals surface area contributed by atoms with Crippen LogP contribution in [0.25, 0.3) is 0 Å². The standard InChI is InChI=1S/C15H19ClO3S/c1-10(2)9-19-15(18)11(3)20-13-6-4-12(5-7-13)14(17)8-16/h4-7,10-11H,8-9H2,1-3H3. The number of halogens is 1. The Labute approximate surface area is 129 Å². The molecular formula is C15H19ClO3S. The number of ether oxygens (including phenoxy) is 1. The molecule has 0 aromatic heterocycles. The summed E-state index contributed by atoms with van der Waals surface area (Å²) >= 11 is 6.91. The maximum absolute atomic E-state index is 11.8. The molecular weight excluding hydrogens is 296 g/mol. The van der Waals surface area contributed by atoms with Crippen molar-refractivity contribution in [3.63, 3.8) is 0 Å². The van der Waals surface area contributed by atoms with Gasteiger partial charge in [0.15, 0.2) is 5.78 Å². The average Bonchev–Trinajstić information content (AvgIpc) is 2.44. The summed E-state index contributed by atoms with van der Waals surface area (Å²) in [5, 5.41) is -0.275. The Morgan fingerprint density at radius 2 is 1.80 bits per heavy atom. The molecule has 0 aliphatic heterocycles. The third kappa shape index (κ3) is 5.55. The molecule has 0 saturated carbocycles. The van der Waals surface area contributed by atoms with E-state index in [0.717, 1.165) is 4.90 Å². The minimum absolute atomic E-state index is 0.0234. The fourth-order valence-corrected chi connectivity index (χ4v) is 2.43. The van der Waals surface area contributed by atoms with Gasteiger partial charge in [0, 0.05) is 10.5 Å². The maximum Gasteiger partial charge on any atom is 0.319 e. The van der Waals surface area contributed by atoms with Crippen LogP contribution in [0.3, 0.4) is 0 Å². The zero-order chi connectivity index (χ0) is 15.1. The van der Waals surface area contributed by atoms with Gasteiger partial charge in [-0.1, -0.05) is 26.0 Å². The van der Waals surface area contributed by atoms with Gasteiger partial charge < -0.3 is 4.74 Å². The van der Waals surface area contributed by atoms with Crippen LogP contribution >= 0.6 is 23.4 Å². The summed E-state index contributed by atoms with van der Waals surface area (Å²) in [6.07, 6.45) is 0. The average molecular weight is 315 g/mol. The number of hydrogen-bond donors (Lipinski definition) is 0.